The monoisotopic (exact) mass is 256 g/mol. The zero-order valence-corrected chi connectivity index (χ0v) is 10.8. The van der Waals surface area contributed by atoms with Gasteiger partial charge in [-0.3, -0.25) is 0 Å². The van der Waals surface area contributed by atoms with Gasteiger partial charge < -0.3 is 24.1 Å². The summed E-state index contributed by atoms with van der Waals surface area (Å²) in [5, 5.41) is 2.79. The van der Waals surface area contributed by atoms with Crippen molar-refractivity contribution in [1.82, 2.24) is 10.2 Å². The molecule has 6 nitrogen and oxygen atoms in total. The first-order valence-corrected chi connectivity index (χ1v) is 5.81. The highest BCUT2D eigenvalue weighted by atomic mass is 16.5. The number of carbonyl (C=O) groups is 1. The molecule has 1 aromatic heterocycles. The van der Waals surface area contributed by atoms with Gasteiger partial charge in [0.15, 0.2) is 0 Å². The molecular weight excluding hydrogens is 236 g/mol. The van der Waals surface area contributed by atoms with Gasteiger partial charge in [-0.1, -0.05) is 0 Å². The van der Waals surface area contributed by atoms with Crippen LogP contribution in [0.15, 0.2) is 22.8 Å². The summed E-state index contributed by atoms with van der Waals surface area (Å²) < 4.78 is 15.1. The van der Waals surface area contributed by atoms with Crippen molar-refractivity contribution in [3.8, 4) is 0 Å². The van der Waals surface area contributed by atoms with Crippen molar-refractivity contribution in [3.05, 3.63) is 24.2 Å². The van der Waals surface area contributed by atoms with Crippen LogP contribution in [0.3, 0.4) is 0 Å². The molecule has 1 rings (SSSR count). The van der Waals surface area contributed by atoms with Crippen molar-refractivity contribution in [2.75, 3.05) is 40.5 Å². The van der Waals surface area contributed by atoms with Crippen LogP contribution < -0.4 is 5.32 Å². The van der Waals surface area contributed by atoms with Crippen LogP contribution in [0.25, 0.3) is 0 Å². The summed E-state index contributed by atoms with van der Waals surface area (Å²) in [5.74, 6) is 0.724. The highest BCUT2D eigenvalue weighted by molar-refractivity contribution is 5.74. The maximum atomic E-state index is 11.9. The number of methoxy groups -OCH3 is 2. The van der Waals surface area contributed by atoms with Gasteiger partial charge in [-0.05, 0) is 12.1 Å². The normalized spacial score (nSPS) is 10.3. The lowest BCUT2D eigenvalue weighted by Gasteiger charge is -2.22. The van der Waals surface area contributed by atoms with E-state index in [0.29, 0.717) is 32.8 Å². The van der Waals surface area contributed by atoms with E-state index in [0.717, 1.165) is 5.76 Å². The van der Waals surface area contributed by atoms with Gasteiger partial charge in [-0.15, -0.1) is 0 Å². The average Bonchev–Trinajstić information content (AvgIpc) is 2.89. The number of nitrogens with zero attached hydrogens (tertiary/aromatic N) is 1. The van der Waals surface area contributed by atoms with E-state index in [2.05, 4.69) is 5.32 Å². The van der Waals surface area contributed by atoms with E-state index in [1.807, 2.05) is 6.07 Å². The Kier molecular flexibility index (Phi) is 6.90. The minimum atomic E-state index is -0.152. The molecule has 0 radical (unpaired) electrons. The second-order valence-electron chi connectivity index (χ2n) is 3.71. The maximum absolute atomic E-state index is 11.9. The molecule has 0 bridgehead atoms. The molecule has 0 unspecified atom stereocenters. The summed E-state index contributed by atoms with van der Waals surface area (Å²) in [5.41, 5.74) is 0. The third-order valence-electron chi connectivity index (χ3n) is 2.41. The lowest BCUT2D eigenvalue weighted by Crippen LogP contribution is -2.43. The molecule has 0 aliphatic rings. The summed E-state index contributed by atoms with van der Waals surface area (Å²) in [4.78, 5) is 13.6. The molecule has 0 aromatic carbocycles. The largest absolute Gasteiger partial charge is 0.467 e. The zero-order chi connectivity index (χ0) is 13.2. The van der Waals surface area contributed by atoms with Crippen LogP contribution in [0.2, 0.25) is 0 Å². The van der Waals surface area contributed by atoms with Crippen LogP contribution in [0.4, 0.5) is 4.79 Å². The smallest absolute Gasteiger partial charge is 0.317 e. The number of amides is 2. The SMILES string of the molecule is COCCN(CCOC)C(=O)NCc1ccco1. The summed E-state index contributed by atoms with van der Waals surface area (Å²) in [7, 11) is 3.21. The van der Waals surface area contributed by atoms with Crippen molar-refractivity contribution in [2.45, 2.75) is 6.54 Å². The maximum Gasteiger partial charge on any atom is 0.317 e. The average molecular weight is 256 g/mol. The lowest BCUT2D eigenvalue weighted by molar-refractivity contribution is 0.122. The topological polar surface area (TPSA) is 63.9 Å². The fourth-order valence-corrected chi connectivity index (χ4v) is 1.41. The Balaban J connectivity index is 2.36. The van der Waals surface area contributed by atoms with Gasteiger partial charge in [0, 0.05) is 27.3 Å². The third-order valence-corrected chi connectivity index (χ3v) is 2.41. The fourth-order valence-electron chi connectivity index (χ4n) is 1.41. The predicted molar refractivity (Wildman–Crippen MR) is 66.3 cm³/mol. The van der Waals surface area contributed by atoms with Crippen LogP contribution in [0.1, 0.15) is 5.76 Å². The fraction of sp³-hybridized carbons (Fsp3) is 0.583. The van der Waals surface area contributed by atoms with Gasteiger partial charge in [0.05, 0.1) is 26.0 Å². The van der Waals surface area contributed by atoms with E-state index in [1.54, 1.807) is 31.4 Å². The summed E-state index contributed by atoms with van der Waals surface area (Å²) in [6, 6.07) is 3.45. The first-order chi connectivity index (χ1) is 8.77. The molecule has 2 amide bonds. The molecule has 0 aliphatic heterocycles. The number of rotatable bonds is 8. The second kappa shape index (κ2) is 8.54. The molecule has 0 saturated carbocycles. The number of urea groups is 1. The van der Waals surface area contributed by atoms with Crippen molar-refractivity contribution in [3.63, 3.8) is 0 Å². The standard InChI is InChI=1S/C12H20N2O4/c1-16-8-5-14(6-9-17-2)12(15)13-10-11-4-3-7-18-11/h3-4,7H,5-6,8-10H2,1-2H3,(H,13,15). The highest BCUT2D eigenvalue weighted by Gasteiger charge is 2.12. The van der Waals surface area contributed by atoms with Crippen LogP contribution in [-0.4, -0.2) is 51.5 Å². The molecule has 102 valence electrons. The minimum Gasteiger partial charge on any atom is -0.467 e. The first-order valence-electron chi connectivity index (χ1n) is 5.81. The van der Waals surface area contributed by atoms with Crippen LogP contribution in [-0.2, 0) is 16.0 Å². The number of nitrogens with one attached hydrogen (secondary N) is 1. The van der Waals surface area contributed by atoms with E-state index in [-0.39, 0.29) is 6.03 Å². The van der Waals surface area contributed by atoms with E-state index < -0.39 is 0 Å². The Hall–Kier alpha value is -1.53. The molecular formula is C12H20N2O4. The van der Waals surface area contributed by atoms with Crippen molar-refractivity contribution < 1.29 is 18.7 Å². The number of furan rings is 1. The van der Waals surface area contributed by atoms with Gasteiger partial charge in [-0.25, -0.2) is 4.79 Å². The lowest BCUT2D eigenvalue weighted by atomic mass is 10.4. The van der Waals surface area contributed by atoms with Gasteiger partial charge >= 0.3 is 6.03 Å². The van der Waals surface area contributed by atoms with E-state index in [9.17, 15) is 4.79 Å². The Morgan fingerprint density at radius 3 is 2.50 bits per heavy atom. The Morgan fingerprint density at radius 2 is 2.00 bits per heavy atom. The van der Waals surface area contributed by atoms with Gasteiger partial charge in [0.1, 0.15) is 5.76 Å². The molecule has 18 heavy (non-hydrogen) atoms. The predicted octanol–water partition coefficient (Wildman–Crippen LogP) is 1.08. The molecule has 1 heterocycles. The minimum absolute atomic E-state index is 0.152. The number of ether oxygens (including phenoxy) is 2. The van der Waals surface area contributed by atoms with Gasteiger partial charge in [0.25, 0.3) is 0 Å². The highest BCUT2D eigenvalue weighted by Crippen LogP contribution is 1.99. The van der Waals surface area contributed by atoms with Gasteiger partial charge in [0.2, 0.25) is 0 Å². The van der Waals surface area contributed by atoms with Crippen LogP contribution >= 0.6 is 0 Å². The molecule has 0 spiro atoms. The molecule has 0 saturated heterocycles. The second-order valence-corrected chi connectivity index (χ2v) is 3.71. The number of hydrogen-bond donors (Lipinski definition) is 1. The molecule has 0 aliphatic carbocycles. The molecule has 6 heteroatoms. The van der Waals surface area contributed by atoms with Crippen LogP contribution in [0.5, 0.6) is 0 Å². The summed E-state index contributed by atoms with van der Waals surface area (Å²) >= 11 is 0. The number of hydrogen-bond acceptors (Lipinski definition) is 4. The van der Waals surface area contributed by atoms with Gasteiger partial charge in [-0.2, -0.15) is 0 Å². The summed E-state index contributed by atoms with van der Waals surface area (Å²) in [6.45, 7) is 2.44. The Bertz CT molecular complexity index is 319. The van der Waals surface area contributed by atoms with Crippen molar-refractivity contribution in [2.24, 2.45) is 0 Å². The van der Waals surface area contributed by atoms with Crippen molar-refractivity contribution >= 4 is 6.03 Å². The first kappa shape index (κ1) is 14.5. The molecule has 0 atom stereocenters. The molecule has 0 fully saturated rings. The molecule has 1 N–H and O–H groups in total. The van der Waals surface area contributed by atoms with E-state index in [4.69, 9.17) is 13.9 Å². The number of carbonyl (C=O) groups excluding carboxylic acids is 1. The third kappa shape index (κ3) is 5.20. The summed E-state index contributed by atoms with van der Waals surface area (Å²) in [6.07, 6.45) is 1.58. The quantitative estimate of drug-likeness (QED) is 0.756. The Morgan fingerprint density at radius 1 is 1.33 bits per heavy atom. The van der Waals surface area contributed by atoms with Crippen LogP contribution in [0, 0.1) is 0 Å². The molecule has 1 aromatic rings. The Labute approximate surface area is 107 Å². The van der Waals surface area contributed by atoms with E-state index >= 15 is 0 Å². The van der Waals surface area contributed by atoms with E-state index in [1.165, 1.54) is 0 Å². The van der Waals surface area contributed by atoms with Crippen molar-refractivity contribution in [1.29, 1.82) is 0 Å². The zero-order valence-electron chi connectivity index (χ0n) is 10.8.